The average Bonchev–Trinajstić information content (AvgIpc) is 3.16. The summed E-state index contributed by atoms with van der Waals surface area (Å²) in [5, 5.41) is 14.2. The van der Waals surface area contributed by atoms with Crippen molar-refractivity contribution in [2.75, 3.05) is 25.4 Å². The molecule has 1 aromatic carbocycles. The molecule has 1 aromatic heterocycles. The lowest BCUT2D eigenvalue weighted by Gasteiger charge is -2.11. The molecule has 2 aromatic rings. The molecule has 27 heavy (non-hydrogen) atoms. The van der Waals surface area contributed by atoms with Gasteiger partial charge in [-0.1, -0.05) is 0 Å². The van der Waals surface area contributed by atoms with Crippen molar-refractivity contribution in [2.24, 2.45) is 4.99 Å². The monoisotopic (exact) mass is 506 g/mol. The maximum atomic E-state index is 12.9. The molecule has 0 aliphatic carbocycles. The van der Waals surface area contributed by atoms with Gasteiger partial charge in [0, 0.05) is 31.1 Å². The molecule has 2 rings (SSSR count). The number of unbranched alkanes of at least 4 members (excludes halogenated alkanes) is 1. The highest BCUT2D eigenvalue weighted by molar-refractivity contribution is 14.0. The van der Waals surface area contributed by atoms with Crippen molar-refractivity contribution in [2.45, 2.75) is 37.6 Å². The van der Waals surface area contributed by atoms with Crippen LogP contribution >= 0.6 is 35.7 Å². The van der Waals surface area contributed by atoms with Crippen LogP contribution in [0, 0.1) is 5.82 Å². The van der Waals surface area contributed by atoms with Gasteiger partial charge in [-0.3, -0.25) is 4.99 Å². The van der Waals surface area contributed by atoms with E-state index in [2.05, 4.69) is 32.7 Å². The maximum Gasteiger partial charge on any atom is 0.191 e. The molecule has 0 fully saturated rings. The van der Waals surface area contributed by atoms with Crippen molar-refractivity contribution in [3.8, 4) is 0 Å². The zero-order valence-corrected chi connectivity index (χ0v) is 18.8. The first-order valence-electron chi connectivity index (χ1n) is 9.01. The summed E-state index contributed by atoms with van der Waals surface area (Å²) in [5.74, 6) is 1.64. The first-order chi connectivity index (χ1) is 12.8. The SMILES string of the molecule is CCNC(=NCCCSc1ccc(F)cc1)NCCCCn1cnnc1.I. The number of aromatic nitrogens is 3. The molecule has 9 heteroatoms. The minimum atomic E-state index is -0.193. The number of thioether (sulfide) groups is 1. The number of aliphatic imine (C=N–C) groups is 1. The summed E-state index contributed by atoms with van der Waals surface area (Å²) in [6, 6.07) is 6.62. The van der Waals surface area contributed by atoms with Gasteiger partial charge in [-0.05, 0) is 56.2 Å². The van der Waals surface area contributed by atoms with Crippen molar-refractivity contribution in [1.82, 2.24) is 25.4 Å². The lowest BCUT2D eigenvalue weighted by atomic mass is 10.3. The average molecular weight is 506 g/mol. The van der Waals surface area contributed by atoms with E-state index in [4.69, 9.17) is 0 Å². The molecular weight excluding hydrogens is 478 g/mol. The number of hydrogen-bond donors (Lipinski definition) is 2. The number of rotatable bonds is 11. The van der Waals surface area contributed by atoms with Crippen LogP contribution in [0.15, 0.2) is 46.8 Å². The van der Waals surface area contributed by atoms with E-state index in [1.54, 1.807) is 24.4 Å². The van der Waals surface area contributed by atoms with Crippen molar-refractivity contribution in [3.05, 3.63) is 42.7 Å². The van der Waals surface area contributed by atoms with E-state index in [9.17, 15) is 4.39 Å². The molecule has 0 saturated carbocycles. The molecule has 0 atom stereocenters. The van der Waals surface area contributed by atoms with E-state index in [0.29, 0.717) is 0 Å². The summed E-state index contributed by atoms with van der Waals surface area (Å²) in [7, 11) is 0. The van der Waals surface area contributed by atoms with E-state index in [0.717, 1.165) is 62.0 Å². The molecule has 2 N–H and O–H groups in total. The number of hydrogen-bond acceptors (Lipinski definition) is 4. The van der Waals surface area contributed by atoms with E-state index >= 15 is 0 Å². The third-order valence-electron chi connectivity index (χ3n) is 3.60. The highest BCUT2D eigenvalue weighted by atomic mass is 127. The fourth-order valence-electron chi connectivity index (χ4n) is 2.28. The van der Waals surface area contributed by atoms with Gasteiger partial charge in [0.1, 0.15) is 18.5 Å². The van der Waals surface area contributed by atoms with Gasteiger partial charge in [-0.25, -0.2) is 4.39 Å². The summed E-state index contributed by atoms with van der Waals surface area (Å²) >= 11 is 1.73. The van der Waals surface area contributed by atoms with Gasteiger partial charge in [0.2, 0.25) is 0 Å². The van der Waals surface area contributed by atoms with Gasteiger partial charge in [0.15, 0.2) is 5.96 Å². The van der Waals surface area contributed by atoms with Gasteiger partial charge in [-0.2, -0.15) is 0 Å². The summed E-state index contributed by atoms with van der Waals surface area (Å²) in [6.07, 6.45) is 6.58. The highest BCUT2D eigenvalue weighted by Crippen LogP contribution is 2.18. The molecule has 1 heterocycles. The number of nitrogens with one attached hydrogen (secondary N) is 2. The smallest absolute Gasteiger partial charge is 0.191 e. The van der Waals surface area contributed by atoms with Crippen LogP contribution in [-0.2, 0) is 6.54 Å². The predicted molar refractivity (Wildman–Crippen MR) is 120 cm³/mol. The Morgan fingerprint density at radius 1 is 1.11 bits per heavy atom. The Morgan fingerprint density at radius 3 is 2.56 bits per heavy atom. The van der Waals surface area contributed by atoms with Crippen LogP contribution in [0.1, 0.15) is 26.2 Å². The third-order valence-corrected chi connectivity index (χ3v) is 4.70. The number of halogens is 2. The normalized spacial score (nSPS) is 11.1. The van der Waals surface area contributed by atoms with Crippen LogP contribution < -0.4 is 10.6 Å². The van der Waals surface area contributed by atoms with Gasteiger partial charge >= 0.3 is 0 Å². The number of benzene rings is 1. The quantitative estimate of drug-likeness (QED) is 0.161. The van der Waals surface area contributed by atoms with Crippen molar-refractivity contribution >= 4 is 41.7 Å². The van der Waals surface area contributed by atoms with Crippen LogP contribution in [0.3, 0.4) is 0 Å². The van der Waals surface area contributed by atoms with E-state index in [1.165, 1.54) is 12.1 Å². The topological polar surface area (TPSA) is 67.1 Å². The van der Waals surface area contributed by atoms with Gasteiger partial charge < -0.3 is 15.2 Å². The third kappa shape index (κ3) is 10.5. The van der Waals surface area contributed by atoms with Crippen LogP contribution in [0.2, 0.25) is 0 Å². The van der Waals surface area contributed by atoms with Crippen molar-refractivity contribution < 1.29 is 4.39 Å². The Kier molecular flexibility index (Phi) is 12.9. The van der Waals surface area contributed by atoms with Gasteiger partial charge in [0.25, 0.3) is 0 Å². The minimum absolute atomic E-state index is 0. The second-order valence-corrected chi connectivity index (χ2v) is 6.92. The van der Waals surface area contributed by atoms with Crippen LogP contribution in [0.25, 0.3) is 0 Å². The number of aryl methyl sites for hydroxylation is 1. The van der Waals surface area contributed by atoms with E-state index < -0.39 is 0 Å². The Balaban J connectivity index is 0.00000364. The van der Waals surface area contributed by atoms with Gasteiger partial charge in [-0.15, -0.1) is 45.9 Å². The molecule has 0 amide bonds. The molecular formula is C18H28FIN6S. The Morgan fingerprint density at radius 2 is 1.85 bits per heavy atom. The highest BCUT2D eigenvalue weighted by Gasteiger charge is 1.98. The molecule has 0 unspecified atom stereocenters. The molecule has 0 aliphatic heterocycles. The Labute approximate surface area is 181 Å². The predicted octanol–water partition coefficient (Wildman–Crippen LogP) is 3.55. The summed E-state index contributed by atoms with van der Waals surface area (Å²) in [4.78, 5) is 5.69. The summed E-state index contributed by atoms with van der Waals surface area (Å²) in [5.41, 5.74) is 0. The molecule has 150 valence electrons. The fraction of sp³-hybridized carbons (Fsp3) is 0.500. The van der Waals surface area contributed by atoms with Crippen LogP contribution in [0.4, 0.5) is 4.39 Å². The summed E-state index contributed by atoms with van der Waals surface area (Å²) < 4.78 is 14.8. The molecule has 0 bridgehead atoms. The second kappa shape index (κ2) is 14.7. The zero-order chi connectivity index (χ0) is 18.5. The lowest BCUT2D eigenvalue weighted by Crippen LogP contribution is -2.38. The fourth-order valence-corrected chi connectivity index (χ4v) is 3.12. The molecule has 0 saturated heterocycles. The van der Waals surface area contributed by atoms with E-state index in [-0.39, 0.29) is 29.8 Å². The second-order valence-electron chi connectivity index (χ2n) is 5.75. The largest absolute Gasteiger partial charge is 0.357 e. The van der Waals surface area contributed by atoms with Crippen LogP contribution in [0.5, 0.6) is 0 Å². The van der Waals surface area contributed by atoms with Crippen molar-refractivity contribution in [1.29, 1.82) is 0 Å². The maximum absolute atomic E-state index is 12.9. The van der Waals surface area contributed by atoms with Crippen molar-refractivity contribution in [3.63, 3.8) is 0 Å². The molecule has 0 spiro atoms. The minimum Gasteiger partial charge on any atom is -0.357 e. The molecule has 0 aliphatic rings. The standard InChI is InChI=1S/C18H27FN6S.HI/c1-2-20-18(21-10-3-4-12-25-14-23-24-15-25)22-11-5-13-26-17-8-6-16(19)7-9-17;/h6-9,14-15H,2-5,10-13H2,1H3,(H2,20,21,22);1H. The first kappa shape index (κ1) is 23.7. The zero-order valence-electron chi connectivity index (χ0n) is 15.6. The number of nitrogens with zero attached hydrogens (tertiary/aromatic N) is 4. The van der Waals surface area contributed by atoms with E-state index in [1.807, 2.05) is 16.7 Å². The Bertz CT molecular complexity index is 636. The lowest BCUT2D eigenvalue weighted by molar-refractivity contribution is 0.597. The number of guanidine groups is 1. The molecule has 6 nitrogen and oxygen atoms in total. The van der Waals surface area contributed by atoms with Crippen LogP contribution in [-0.4, -0.2) is 46.1 Å². The summed E-state index contributed by atoms with van der Waals surface area (Å²) in [6.45, 7) is 5.50. The Hall–Kier alpha value is -1.36. The molecule has 0 radical (unpaired) electrons. The first-order valence-corrected chi connectivity index (χ1v) is 9.99. The van der Waals surface area contributed by atoms with Gasteiger partial charge in [0.05, 0.1) is 0 Å².